The highest BCUT2D eigenvalue weighted by molar-refractivity contribution is 7.08. The first-order valence-corrected chi connectivity index (χ1v) is 7.98. The highest BCUT2D eigenvalue weighted by Gasteiger charge is 2.25. The quantitative estimate of drug-likeness (QED) is 0.944. The molecule has 106 valence electrons. The summed E-state index contributed by atoms with van der Waals surface area (Å²) in [5.74, 6) is 0.711. The Labute approximate surface area is 122 Å². The molecule has 0 aliphatic carbocycles. The summed E-state index contributed by atoms with van der Waals surface area (Å²) in [6, 6.07) is 1.91. The number of rotatable bonds is 3. The number of hydrogen-bond acceptors (Lipinski definition) is 3. The van der Waals surface area contributed by atoms with Gasteiger partial charge in [-0.25, -0.2) is 0 Å². The fraction of sp³-hybridized carbons (Fsp3) is 0.467. The number of aromatic nitrogens is 2. The summed E-state index contributed by atoms with van der Waals surface area (Å²) < 4.78 is 0. The van der Waals surface area contributed by atoms with Gasteiger partial charge in [-0.1, -0.05) is 0 Å². The van der Waals surface area contributed by atoms with E-state index in [1.807, 2.05) is 27.9 Å². The van der Waals surface area contributed by atoms with Crippen molar-refractivity contribution in [2.45, 2.75) is 26.2 Å². The molecule has 1 atom stereocenters. The van der Waals surface area contributed by atoms with E-state index in [1.54, 1.807) is 11.3 Å². The molecule has 3 heterocycles. The minimum atomic E-state index is 0.178. The SMILES string of the molecule is Cc1cn[nH]c1C[C@H]1CCCN(C(=O)c2ccsc2)C1. The Balaban J connectivity index is 1.65. The number of piperidine rings is 1. The van der Waals surface area contributed by atoms with E-state index < -0.39 is 0 Å². The van der Waals surface area contributed by atoms with Crippen molar-refractivity contribution in [3.63, 3.8) is 0 Å². The maximum Gasteiger partial charge on any atom is 0.254 e. The van der Waals surface area contributed by atoms with Crippen LogP contribution in [0.15, 0.2) is 23.0 Å². The molecule has 1 aliphatic rings. The van der Waals surface area contributed by atoms with Crippen LogP contribution < -0.4 is 0 Å². The summed E-state index contributed by atoms with van der Waals surface area (Å²) >= 11 is 1.58. The summed E-state index contributed by atoms with van der Waals surface area (Å²) in [4.78, 5) is 14.4. The molecule has 0 spiro atoms. The Morgan fingerprint density at radius 1 is 1.60 bits per heavy atom. The standard InChI is InChI=1S/C15H19N3OS/c1-11-8-16-17-14(11)7-12-3-2-5-18(9-12)15(19)13-4-6-20-10-13/h4,6,8,10,12H,2-3,5,7,9H2,1H3,(H,16,17)/t12-/m1/s1. The molecule has 20 heavy (non-hydrogen) atoms. The zero-order valence-electron chi connectivity index (χ0n) is 11.6. The fourth-order valence-corrected chi connectivity index (χ4v) is 3.48. The van der Waals surface area contributed by atoms with E-state index in [0.717, 1.165) is 31.5 Å². The van der Waals surface area contributed by atoms with Crippen molar-refractivity contribution in [2.24, 2.45) is 5.92 Å². The van der Waals surface area contributed by atoms with Crippen LogP contribution in [0.25, 0.3) is 0 Å². The largest absolute Gasteiger partial charge is 0.338 e. The number of hydrogen-bond donors (Lipinski definition) is 1. The van der Waals surface area contributed by atoms with Gasteiger partial charge in [0.15, 0.2) is 0 Å². The van der Waals surface area contributed by atoms with Crippen molar-refractivity contribution in [1.82, 2.24) is 15.1 Å². The van der Waals surface area contributed by atoms with Gasteiger partial charge in [0.05, 0.1) is 11.8 Å². The lowest BCUT2D eigenvalue weighted by Gasteiger charge is -2.32. The second-order valence-electron chi connectivity index (χ2n) is 5.51. The normalized spacial score (nSPS) is 19.2. The molecule has 1 fully saturated rings. The van der Waals surface area contributed by atoms with Gasteiger partial charge < -0.3 is 4.90 Å². The number of carbonyl (C=O) groups excluding carboxylic acids is 1. The highest BCUT2D eigenvalue weighted by Crippen LogP contribution is 2.23. The van der Waals surface area contributed by atoms with E-state index in [1.165, 1.54) is 17.7 Å². The molecule has 0 radical (unpaired) electrons. The molecule has 0 saturated carbocycles. The molecule has 0 aromatic carbocycles. The minimum Gasteiger partial charge on any atom is -0.338 e. The highest BCUT2D eigenvalue weighted by atomic mass is 32.1. The average Bonchev–Trinajstić information content (AvgIpc) is 3.11. The van der Waals surface area contributed by atoms with Crippen molar-refractivity contribution < 1.29 is 4.79 Å². The smallest absolute Gasteiger partial charge is 0.254 e. The molecular weight excluding hydrogens is 270 g/mol. The summed E-state index contributed by atoms with van der Waals surface area (Å²) in [5.41, 5.74) is 3.25. The van der Waals surface area contributed by atoms with E-state index in [9.17, 15) is 4.79 Å². The number of nitrogens with zero attached hydrogens (tertiary/aromatic N) is 2. The van der Waals surface area contributed by atoms with Crippen molar-refractivity contribution in [3.8, 4) is 0 Å². The topological polar surface area (TPSA) is 49.0 Å². The monoisotopic (exact) mass is 289 g/mol. The molecule has 2 aromatic heterocycles. The summed E-state index contributed by atoms with van der Waals surface area (Å²) in [5, 5.41) is 11.0. The number of nitrogens with one attached hydrogen (secondary N) is 1. The second kappa shape index (κ2) is 5.79. The maximum atomic E-state index is 12.4. The maximum absolute atomic E-state index is 12.4. The molecule has 1 saturated heterocycles. The number of thiophene rings is 1. The molecule has 1 amide bonds. The van der Waals surface area contributed by atoms with Crippen LogP contribution in [0.3, 0.4) is 0 Å². The first kappa shape index (κ1) is 13.4. The Kier molecular flexibility index (Phi) is 3.87. The van der Waals surface area contributed by atoms with Crippen LogP contribution in [0.5, 0.6) is 0 Å². The Morgan fingerprint density at radius 3 is 3.20 bits per heavy atom. The van der Waals surface area contributed by atoms with Crippen molar-refractivity contribution in [2.75, 3.05) is 13.1 Å². The van der Waals surface area contributed by atoms with Gasteiger partial charge in [-0.05, 0) is 49.1 Å². The van der Waals surface area contributed by atoms with E-state index >= 15 is 0 Å². The van der Waals surface area contributed by atoms with Crippen LogP contribution in [0, 0.1) is 12.8 Å². The lowest BCUT2D eigenvalue weighted by molar-refractivity contribution is 0.0673. The molecular formula is C15H19N3OS. The number of aromatic amines is 1. The second-order valence-corrected chi connectivity index (χ2v) is 6.29. The van der Waals surface area contributed by atoms with Gasteiger partial charge in [-0.2, -0.15) is 16.4 Å². The minimum absolute atomic E-state index is 0.178. The molecule has 3 rings (SSSR count). The van der Waals surface area contributed by atoms with Crippen LogP contribution in [0.4, 0.5) is 0 Å². The Bertz CT molecular complexity index is 576. The lowest BCUT2D eigenvalue weighted by Crippen LogP contribution is -2.40. The van der Waals surface area contributed by atoms with Crippen molar-refractivity contribution in [1.29, 1.82) is 0 Å². The lowest BCUT2D eigenvalue weighted by atomic mass is 9.92. The van der Waals surface area contributed by atoms with Gasteiger partial charge in [0.2, 0.25) is 0 Å². The van der Waals surface area contributed by atoms with E-state index in [4.69, 9.17) is 0 Å². The molecule has 1 N–H and O–H groups in total. The van der Waals surface area contributed by atoms with E-state index in [0.29, 0.717) is 5.92 Å². The summed E-state index contributed by atoms with van der Waals surface area (Å²) in [7, 11) is 0. The van der Waals surface area contributed by atoms with E-state index in [-0.39, 0.29) is 5.91 Å². The van der Waals surface area contributed by atoms with Crippen molar-refractivity contribution in [3.05, 3.63) is 39.8 Å². The summed E-state index contributed by atoms with van der Waals surface area (Å²) in [6.07, 6.45) is 5.13. The van der Waals surface area contributed by atoms with Gasteiger partial charge in [0.1, 0.15) is 0 Å². The van der Waals surface area contributed by atoms with Gasteiger partial charge in [-0.15, -0.1) is 0 Å². The number of H-pyrrole nitrogens is 1. The molecule has 4 nitrogen and oxygen atoms in total. The van der Waals surface area contributed by atoms with Gasteiger partial charge in [0.25, 0.3) is 5.91 Å². The van der Waals surface area contributed by atoms with E-state index in [2.05, 4.69) is 17.1 Å². The third kappa shape index (κ3) is 2.77. The first-order chi connectivity index (χ1) is 9.74. The van der Waals surface area contributed by atoms with Gasteiger partial charge in [0, 0.05) is 24.2 Å². The molecule has 2 aromatic rings. The average molecular weight is 289 g/mol. The summed E-state index contributed by atoms with van der Waals surface area (Å²) in [6.45, 7) is 3.82. The molecule has 0 bridgehead atoms. The predicted octanol–water partition coefficient (Wildman–Crippen LogP) is 2.87. The number of carbonyl (C=O) groups is 1. The van der Waals surface area contributed by atoms with Gasteiger partial charge >= 0.3 is 0 Å². The Morgan fingerprint density at radius 2 is 2.50 bits per heavy atom. The van der Waals surface area contributed by atoms with Crippen LogP contribution in [0.1, 0.15) is 34.5 Å². The fourth-order valence-electron chi connectivity index (χ4n) is 2.85. The van der Waals surface area contributed by atoms with Crippen molar-refractivity contribution >= 4 is 17.2 Å². The molecule has 1 aliphatic heterocycles. The zero-order chi connectivity index (χ0) is 13.9. The predicted molar refractivity (Wildman–Crippen MR) is 80.0 cm³/mol. The first-order valence-electron chi connectivity index (χ1n) is 7.04. The number of likely N-dealkylation sites (tertiary alicyclic amines) is 1. The van der Waals surface area contributed by atoms with Gasteiger partial charge in [-0.3, -0.25) is 9.89 Å². The number of aryl methyl sites for hydroxylation is 1. The molecule has 5 heteroatoms. The third-order valence-corrected chi connectivity index (χ3v) is 4.68. The van der Waals surface area contributed by atoms with Crippen LogP contribution >= 0.6 is 11.3 Å². The third-order valence-electron chi connectivity index (χ3n) is 4.00. The van der Waals surface area contributed by atoms with Crippen LogP contribution in [-0.4, -0.2) is 34.1 Å². The van der Waals surface area contributed by atoms with Crippen LogP contribution in [0.2, 0.25) is 0 Å². The van der Waals surface area contributed by atoms with Crippen LogP contribution in [-0.2, 0) is 6.42 Å². The number of amides is 1. The molecule has 0 unspecified atom stereocenters. The Hall–Kier alpha value is -1.62. The zero-order valence-corrected chi connectivity index (χ0v) is 12.4.